The minimum Gasteiger partial charge on any atom is -0.331 e. The summed E-state index contributed by atoms with van der Waals surface area (Å²) in [6, 6.07) is 16.9. The number of aromatic nitrogens is 2. The first-order chi connectivity index (χ1) is 12.3. The number of carbonyl (C=O) groups excluding carboxylic acids is 2. The number of imidazole rings is 1. The topological polar surface area (TPSA) is 55.2 Å². The molecule has 0 radical (unpaired) electrons. The molecule has 0 saturated carbocycles. The maximum absolute atomic E-state index is 12.4. The Kier molecular flexibility index (Phi) is 3.90. The summed E-state index contributed by atoms with van der Waals surface area (Å²) < 4.78 is 2.05. The van der Waals surface area contributed by atoms with Crippen molar-refractivity contribution in [3.8, 4) is 11.4 Å². The Hall–Kier alpha value is -3.21. The smallest absolute Gasteiger partial charge is 0.261 e. The molecule has 4 rings (SSSR count). The molecule has 124 valence electrons. The van der Waals surface area contributed by atoms with Gasteiger partial charge in [-0.2, -0.15) is 0 Å². The van der Waals surface area contributed by atoms with Gasteiger partial charge >= 0.3 is 0 Å². The van der Waals surface area contributed by atoms with Crippen LogP contribution in [0.1, 0.15) is 27.1 Å². The van der Waals surface area contributed by atoms with Crippen LogP contribution >= 0.6 is 0 Å². The number of rotatable bonds is 5. The lowest BCUT2D eigenvalue weighted by Gasteiger charge is -2.14. The largest absolute Gasteiger partial charge is 0.331 e. The summed E-state index contributed by atoms with van der Waals surface area (Å²) in [4.78, 5) is 30.5. The Morgan fingerprint density at radius 3 is 2.12 bits per heavy atom. The minimum atomic E-state index is -0.200. The number of aryl methyl sites for hydroxylation is 1. The zero-order valence-corrected chi connectivity index (χ0v) is 13.6. The summed E-state index contributed by atoms with van der Waals surface area (Å²) in [7, 11) is 0. The van der Waals surface area contributed by atoms with Crippen molar-refractivity contribution in [2.75, 3.05) is 6.54 Å². The van der Waals surface area contributed by atoms with Crippen LogP contribution in [0.2, 0.25) is 0 Å². The molecule has 5 heteroatoms. The Bertz CT molecular complexity index is 896. The number of amides is 2. The molecule has 2 aromatic carbocycles. The molecule has 0 atom stereocenters. The van der Waals surface area contributed by atoms with Crippen molar-refractivity contribution >= 4 is 11.8 Å². The van der Waals surface area contributed by atoms with Gasteiger partial charge in [-0.05, 0) is 18.6 Å². The summed E-state index contributed by atoms with van der Waals surface area (Å²) in [5, 5.41) is 0. The lowest BCUT2D eigenvalue weighted by atomic mass is 10.1. The van der Waals surface area contributed by atoms with Crippen LogP contribution in [0.3, 0.4) is 0 Å². The Morgan fingerprint density at radius 2 is 1.44 bits per heavy atom. The molecular weight excluding hydrogens is 314 g/mol. The Labute approximate surface area is 145 Å². The Balaban J connectivity index is 1.44. The van der Waals surface area contributed by atoms with E-state index in [9.17, 15) is 9.59 Å². The third kappa shape index (κ3) is 2.74. The van der Waals surface area contributed by atoms with Gasteiger partial charge in [0.2, 0.25) is 0 Å². The van der Waals surface area contributed by atoms with Crippen LogP contribution in [0.15, 0.2) is 67.0 Å². The van der Waals surface area contributed by atoms with Gasteiger partial charge in [0, 0.05) is 31.0 Å². The monoisotopic (exact) mass is 331 g/mol. The first kappa shape index (κ1) is 15.3. The summed E-state index contributed by atoms with van der Waals surface area (Å²) in [6.45, 7) is 1.09. The molecule has 0 saturated heterocycles. The fraction of sp³-hybridized carbons (Fsp3) is 0.150. The lowest BCUT2D eigenvalue weighted by molar-refractivity contribution is 0.0651. The van der Waals surface area contributed by atoms with Gasteiger partial charge in [0.1, 0.15) is 5.82 Å². The molecule has 3 aromatic rings. The average molecular weight is 331 g/mol. The van der Waals surface area contributed by atoms with Gasteiger partial charge < -0.3 is 4.57 Å². The minimum absolute atomic E-state index is 0.200. The number of fused-ring (bicyclic) bond motifs is 1. The SMILES string of the molecule is O=C1c2ccccc2C(=O)N1CCCn1ccnc1-c1ccccc1. The van der Waals surface area contributed by atoms with Crippen molar-refractivity contribution in [2.24, 2.45) is 0 Å². The van der Waals surface area contributed by atoms with Crippen molar-refractivity contribution in [3.63, 3.8) is 0 Å². The van der Waals surface area contributed by atoms with Gasteiger partial charge in [0.05, 0.1) is 11.1 Å². The molecule has 2 amide bonds. The van der Waals surface area contributed by atoms with E-state index in [2.05, 4.69) is 4.98 Å². The number of hydrogen-bond acceptors (Lipinski definition) is 3. The second-order valence-corrected chi connectivity index (χ2v) is 5.97. The third-order valence-electron chi connectivity index (χ3n) is 4.41. The number of benzene rings is 2. The maximum Gasteiger partial charge on any atom is 0.261 e. The molecule has 0 aliphatic carbocycles. The van der Waals surface area contributed by atoms with E-state index in [1.807, 2.05) is 41.1 Å². The van der Waals surface area contributed by atoms with Crippen LogP contribution in [0.4, 0.5) is 0 Å². The van der Waals surface area contributed by atoms with E-state index in [0.29, 0.717) is 30.6 Å². The standard InChI is InChI=1S/C20H17N3O2/c24-19-16-9-4-5-10-17(16)20(25)23(19)13-6-12-22-14-11-21-18(22)15-7-2-1-3-8-15/h1-5,7-11,14H,6,12-13H2. The molecule has 2 heterocycles. The average Bonchev–Trinajstić information content (AvgIpc) is 3.22. The summed E-state index contributed by atoms with van der Waals surface area (Å²) in [5.74, 6) is 0.493. The van der Waals surface area contributed by atoms with Crippen molar-refractivity contribution in [1.29, 1.82) is 0 Å². The molecule has 0 unspecified atom stereocenters. The van der Waals surface area contributed by atoms with E-state index >= 15 is 0 Å². The molecule has 0 fully saturated rings. The maximum atomic E-state index is 12.4. The van der Waals surface area contributed by atoms with Gasteiger partial charge in [-0.3, -0.25) is 14.5 Å². The number of nitrogens with zero attached hydrogens (tertiary/aromatic N) is 3. The van der Waals surface area contributed by atoms with Crippen LogP contribution < -0.4 is 0 Å². The highest BCUT2D eigenvalue weighted by Crippen LogP contribution is 2.23. The molecule has 1 aliphatic heterocycles. The van der Waals surface area contributed by atoms with Gasteiger partial charge in [0.15, 0.2) is 0 Å². The molecule has 0 bridgehead atoms. The highest BCUT2D eigenvalue weighted by molar-refractivity contribution is 6.21. The third-order valence-corrected chi connectivity index (χ3v) is 4.41. The van der Waals surface area contributed by atoms with E-state index in [-0.39, 0.29) is 11.8 Å². The van der Waals surface area contributed by atoms with Gasteiger partial charge in [-0.25, -0.2) is 4.98 Å². The highest BCUT2D eigenvalue weighted by atomic mass is 16.2. The molecule has 5 nitrogen and oxygen atoms in total. The summed E-state index contributed by atoms with van der Waals surface area (Å²) >= 11 is 0. The molecule has 0 N–H and O–H groups in total. The van der Waals surface area contributed by atoms with Crippen molar-refractivity contribution in [3.05, 3.63) is 78.1 Å². The zero-order chi connectivity index (χ0) is 17.2. The predicted molar refractivity (Wildman–Crippen MR) is 94.1 cm³/mol. The molecule has 25 heavy (non-hydrogen) atoms. The fourth-order valence-electron chi connectivity index (χ4n) is 3.18. The van der Waals surface area contributed by atoms with Crippen LogP contribution in [0, 0.1) is 0 Å². The fourth-order valence-corrected chi connectivity index (χ4v) is 3.18. The van der Waals surface area contributed by atoms with E-state index in [1.54, 1.807) is 30.5 Å². The van der Waals surface area contributed by atoms with Crippen LogP contribution in [-0.2, 0) is 6.54 Å². The van der Waals surface area contributed by atoms with E-state index < -0.39 is 0 Å². The van der Waals surface area contributed by atoms with E-state index in [4.69, 9.17) is 0 Å². The number of imide groups is 1. The van der Waals surface area contributed by atoms with Gasteiger partial charge in [-0.15, -0.1) is 0 Å². The van der Waals surface area contributed by atoms with Crippen LogP contribution in [0.25, 0.3) is 11.4 Å². The number of hydrogen-bond donors (Lipinski definition) is 0. The van der Waals surface area contributed by atoms with Gasteiger partial charge in [-0.1, -0.05) is 42.5 Å². The molecular formula is C20H17N3O2. The van der Waals surface area contributed by atoms with Gasteiger partial charge in [0.25, 0.3) is 11.8 Å². The zero-order valence-electron chi connectivity index (χ0n) is 13.6. The summed E-state index contributed by atoms with van der Waals surface area (Å²) in [6.07, 6.45) is 4.37. The van der Waals surface area contributed by atoms with Crippen molar-refractivity contribution in [1.82, 2.24) is 14.5 Å². The van der Waals surface area contributed by atoms with Crippen molar-refractivity contribution < 1.29 is 9.59 Å². The normalized spacial score (nSPS) is 13.4. The van der Waals surface area contributed by atoms with Crippen LogP contribution in [0.5, 0.6) is 0 Å². The second kappa shape index (κ2) is 6.36. The number of carbonyl (C=O) groups is 2. The molecule has 0 spiro atoms. The lowest BCUT2D eigenvalue weighted by Crippen LogP contribution is -2.31. The quantitative estimate of drug-likeness (QED) is 0.675. The first-order valence-electron chi connectivity index (χ1n) is 8.27. The van der Waals surface area contributed by atoms with E-state index in [0.717, 1.165) is 11.4 Å². The molecule has 1 aliphatic rings. The van der Waals surface area contributed by atoms with Crippen molar-refractivity contribution in [2.45, 2.75) is 13.0 Å². The Morgan fingerprint density at radius 1 is 0.800 bits per heavy atom. The summed E-state index contributed by atoms with van der Waals surface area (Å²) in [5.41, 5.74) is 2.05. The highest BCUT2D eigenvalue weighted by Gasteiger charge is 2.34. The first-order valence-corrected chi connectivity index (χ1v) is 8.27. The molecule has 1 aromatic heterocycles. The predicted octanol–water partition coefficient (Wildman–Crippen LogP) is 3.24. The van der Waals surface area contributed by atoms with Crippen LogP contribution in [-0.4, -0.2) is 32.8 Å². The second-order valence-electron chi connectivity index (χ2n) is 5.97. The van der Waals surface area contributed by atoms with E-state index in [1.165, 1.54) is 4.90 Å².